The molecule has 1 unspecified atom stereocenters. The van der Waals surface area contributed by atoms with Gasteiger partial charge in [-0.05, 0) is 6.92 Å². The maximum atomic E-state index is 11.2. The normalized spacial score (nSPS) is 14.4. The number of hydrogen-bond acceptors (Lipinski definition) is 5. The molecule has 0 rings (SSSR count). The predicted molar refractivity (Wildman–Crippen MR) is 52.6 cm³/mol. The van der Waals surface area contributed by atoms with Crippen molar-refractivity contribution in [1.82, 2.24) is 0 Å². The molecule has 0 fully saturated rings. The molecule has 0 radical (unpaired) electrons. The summed E-state index contributed by atoms with van der Waals surface area (Å²) in [6, 6.07) is 0. The number of esters is 1. The molecule has 74 valence electrons. The second-order valence-corrected chi connectivity index (χ2v) is 2.89. The summed E-state index contributed by atoms with van der Waals surface area (Å²) in [5.74, 6) is -1.30. The van der Waals surface area contributed by atoms with E-state index in [1.165, 1.54) is 13.0 Å². The number of ketones is 1. The fourth-order valence-corrected chi connectivity index (χ4v) is 0.935. The van der Waals surface area contributed by atoms with Crippen LogP contribution in [0.4, 0.5) is 0 Å². The van der Waals surface area contributed by atoms with Crippen LogP contribution in [0.15, 0.2) is 12.7 Å². The third-order valence-corrected chi connectivity index (χ3v) is 2.07. The van der Waals surface area contributed by atoms with Crippen LogP contribution in [-0.2, 0) is 14.3 Å². The van der Waals surface area contributed by atoms with E-state index in [1.807, 2.05) is 0 Å². The fraction of sp³-hybridized carbons (Fsp3) is 0.500. The van der Waals surface area contributed by atoms with Crippen molar-refractivity contribution in [2.45, 2.75) is 12.5 Å². The average molecular weight is 203 g/mol. The summed E-state index contributed by atoms with van der Waals surface area (Å²) >= 11 is 3.83. The van der Waals surface area contributed by atoms with Crippen LogP contribution in [0.5, 0.6) is 0 Å². The van der Waals surface area contributed by atoms with Crippen LogP contribution in [0.25, 0.3) is 0 Å². The zero-order valence-corrected chi connectivity index (χ0v) is 8.34. The Morgan fingerprint density at radius 2 is 2.23 bits per heavy atom. The molecule has 0 aliphatic carbocycles. The topological polar surface area (TPSA) is 69.4 Å². The fourth-order valence-electron chi connectivity index (χ4n) is 0.583. The van der Waals surface area contributed by atoms with Gasteiger partial charge in [0.05, 0.1) is 0 Å². The molecule has 0 heterocycles. The minimum atomic E-state index is -1.63. The maximum absolute atomic E-state index is 11.2. The summed E-state index contributed by atoms with van der Waals surface area (Å²) in [6.07, 6.45) is 1.40. The van der Waals surface area contributed by atoms with Crippen LogP contribution in [0.1, 0.15) is 6.92 Å². The van der Waals surface area contributed by atoms with Crippen molar-refractivity contribution >= 4 is 24.4 Å². The molecular formula is C8H13NO3S. The van der Waals surface area contributed by atoms with Gasteiger partial charge in [0.2, 0.25) is 0 Å². The zero-order chi connectivity index (χ0) is 10.5. The van der Waals surface area contributed by atoms with Crippen LogP contribution in [0.3, 0.4) is 0 Å². The largest absolute Gasteiger partial charge is 0.460 e. The van der Waals surface area contributed by atoms with E-state index in [0.717, 1.165) is 0 Å². The first-order valence-corrected chi connectivity index (χ1v) is 4.31. The Balaban J connectivity index is 4.47. The van der Waals surface area contributed by atoms with Gasteiger partial charge in [-0.1, -0.05) is 12.7 Å². The first-order valence-electron chi connectivity index (χ1n) is 3.68. The molecule has 2 N–H and O–H groups in total. The second kappa shape index (κ2) is 5.04. The van der Waals surface area contributed by atoms with Gasteiger partial charge >= 0.3 is 5.97 Å². The number of carbonyl (C=O) groups is 2. The molecule has 5 heteroatoms. The van der Waals surface area contributed by atoms with Crippen molar-refractivity contribution in [3.05, 3.63) is 12.7 Å². The summed E-state index contributed by atoms with van der Waals surface area (Å²) < 4.78 is 4.66. The summed E-state index contributed by atoms with van der Waals surface area (Å²) in [5, 5.41) is 0. The number of hydrogen-bond donors (Lipinski definition) is 2. The molecule has 4 nitrogen and oxygen atoms in total. The highest BCUT2D eigenvalue weighted by molar-refractivity contribution is 7.80. The quantitative estimate of drug-likeness (QED) is 0.284. The Morgan fingerprint density at radius 3 is 2.54 bits per heavy atom. The lowest BCUT2D eigenvalue weighted by atomic mass is 9.99. The van der Waals surface area contributed by atoms with Crippen LogP contribution in [0, 0.1) is 0 Å². The third-order valence-electron chi connectivity index (χ3n) is 1.57. The maximum Gasteiger partial charge on any atom is 0.335 e. The van der Waals surface area contributed by atoms with E-state index < -0.39 is 17.3 Å². The predicted octanol–water partition coefficient (Wildman–Crippen LogP) is -0.0681. The molecule has 0 spiro atoms. The Hall–Kier alpha value is -0.810. The van der Waals surface area contributed by atoms with Gasteiger partial charge in [-0.25, -0.2) is 4.79 Å². The van der Waals surface area contributed by atoms with Crippen LogP contribution < -0.4 is 5.73 Å². The Kier molecular flexibility index (Phi) is 4.72. The first kappa shape index (κ1) is 12.2. The molecule has 0 amide bonds. The summed E-state index contributed by atoms with van der Waals surface area (Å²) in [5.41, 5.74) is 3.86. The lowest BCUT2D eigenvalue weighted by molar-refractivity contribution is -0.151. The summed E-state index contributed by atoms with van der Waals surface area (Å²) in [7, 11) is 0. The van der Waals surface area contributed by atoms with E-state index in [4.69, 9.17) is 5.73 Å². The van der Waals surface area contributed by atoms with E-state index in [1.54, 1.807) is 0 Å². The monoisotopic (exact) mass is 203 g/mol. The van der Waals surface area contributed by atoms with Crippen molar-refractivity contribution in [2.24, 2.45) is 5.73 Å². The SMILES string of the molecule is C=CCOC(=O)C(N)(CS)C(C)=O. The molecule has 0 aliphatic heterocycles. The van der Waals surface area contributed by atoms with Gasteiger partial charge in [0, 0.05) is 5.75 Å². The lowest BCUT2D eigenvalue weighted by Gasteiger charge is -2.21. The van der Waals surface area contributed by atoms with Gasteiger partial charge in [0.1, 0.15) is 6.61 Å². The van der Waals surface area contributed by atoms with Crippen molar-refractivity contribution < 1.29 is 14.3 Å². The molecule has 0 aliphatic rings. The van der Waals surface area contributed by atoms with E-state index in [0.29, 0.717) is 0 Å². The van der Waals surface area contributed by atoms with Crippen molar-refractivity contribution in [3.63, 3.8) is 0 Å². The van der Waals surface area contributed by atoms with E-state index in [-0.39, 0.29) is 12.4 Å². The third kappa shape index (κ3) is 2.86. The molecule has 1 atom stereocenters. The van der Waals surface area contributed by atoms with Crippen molar-refractivity contribution in [3.8, 4) is 0 Å². The minimum absolute atomic E-state index is 0.0405. The van der Waals surface area contributed by atoms with Gasteiger partial charge in [-0.15, -0.1) is 0 Å². The molecule has 0 saturated heterocycles. The van der Waals surface area contributed by atoms with Crippen LogP contribution in [-0.4, -0.2) is 29.7 Å². The number of nitrogens with two attached hydrogens (primary N) is 1. The van der Waals surface area contributed by atoms with Gasteiger partial charge in [-0.3, -0.25) is 4.79 Å². The molecule has 0 aromatic rings. The number of rotatable bonds is 5. The summed E-state index contributed by atoms with van der Waals surface area (Å²) in [6.45, 7) is 4.63. The Labute approximate surface area is 82.5 Å². The van der Waals surface area contributed by atoms with Gasteiger partial charge < -0.3 is 10.5 Å². The minimum Gasteiger partial charge on any atom is -0.460 e. The van der Waals surface area contributed by atoms with Gasteiger partial charge in [-0.2, -0.15) is 12.6 Å². The van der Waals surface area contributed by atoms with Gasteiger partial charge in [0.15, 0.2) is 11.3 Å². The second-order valence-electron chi connectivity index (χ2n) is 2.57. The van der Waals surface area contributed by atoms with Crippen LogP contribution in [0.2, 0.25) is 0 Å². The molecular weight excluding hydrogens is 190 g/mol. The lowest BCUT2D eigenvalue weighted by Crippen LogP contribution is -2.56. The number of Topliss-reactive ketones (excluding diaryl/α,β-unsaturated/α-hetero) is 1. The first-order chi connectivity index (χ1) is 5.99. The van der Waals surface area contributed by atoms with Crippen LogP contribution >= 0.6 is 12.6 Å². The van der Waals surface area contributed by atoms with E-state index in [9.17, 15) is 9.59 Å². The zero-order valence-electron chi connectivity index (χ0n) is 7.45. The Morgan fingerprint density at radius 1 is 1.69 bits per heavy atom. The van der Waals surface area contributed by atoms with E-state index >= 15 is 0 Å². The molecule has 0 aromatic heterocycles. The molecule has 0 saturated carbocycles. The smallest absolute Gasteiger partial charge is 0.335 e. The Bertz CT molecular complexity index is 229. The summed E-state index contributed by atoms with van der Waals surface area (Å²) in [4.78, 5) is 22.2. The highest BCUT2D eigenvalue weighted by Crippen LogP contribution is 2.07. The number of carbonyl (C=O) groups excluding carboxylic acids is 2. The standard InChI is InChI=1S/C8H13NO3S/c1-3-4-12-7(11)8(9,5-13)6(2)10/h3,13H,1,4-5,9H2,2H3. The number of thiol groups is 1. The van der Waals surface area contributed by atoms with Gasteiger partial charge in [0.25, 0.3) is 0 Å². The highest BCUT2D eigenvalue weighted by Gasteiger charge is 2.39. The van der Waals surface area contributed by atoms with E-state index in [2.05, 4.69) is 23.9 Å². The highest BCUT2D eigenvalue weighted by atomic mass is 32.1. The van der Waals surface area contributed by atoms with Crippen molar-refractivity contribution in [1.29, 1.82) is 0 Å². The molecule has 0 aromatic carbocycles. The van der Waals surface area contributed by atoms with Crippen molar-refractivity contribution in [2.75, 3.05) is 12.4 Å². The molecule has 0 bridgehead atoms. The number of ether oxygens (including phenoxy) is 1. The average Bonchev–Trinajstić information content (AvgIpc) is 2.12. The molecule has 13 heavy (non-hydrogen) atoms.